The summed E-state index contributed by atoms with van der Waals surface area (Å²) in [6.07, 6.45) is 0. The highest BCUT2D eigenvalue weighted by molar-refractivity contribution is 7.99. The minimum absolute atomic E-state index is 0.0375. The van der Waals surface area contributed by atoms with Gasteiger partial charge in [0, 0.05) is 16.0 Å². The molecule has 130 valence electrons. The molecular weight excluding hydrogens is 386 g/mol. The van der Waals surface area contributed by atoms with Crippen molar-refractivity contribution < 1.29 is 4.79 Å². The number of hydrogen-bond acceptors (Lipinski definition) is 5. The van der Waals surface area contributed by atoms with Gasteiger partial charge in [-0.1, -0.05) is 53.2 Å². The average molecular weight is 400 g/mol. The Morgan fingerprint density at radius 1 is 1.12 bits per heavy atom. The third kappa shape index (κ3) is 3.40. The topological polar surface area (TPSA) is 47.3 Å². The maximum atomic E-state index is 12.4. The van der Waals surface area contributed by atoms with Gasteiger partial charge >= 0.3 is 0 Å². The molecule has 2 aromatic heterocycles. The standard InChI is InChI=1S/C19H14ClN3OS2/c1-12-2-4-13(5-3-12)16-10-25-18-21-22-19(23(16)18)26-11-17(24)14-6-8-15(20)9-7-14/h2-10H,11H2,1H3. The summed E-state index contributed by atoms with van der Waals surface area (Å²) in [5.74, 6) is 0.335. The number of ketones is 1. The summed E-state index contributed by atoms with van der Waals surface area (Å²) in [5, 5.41) is 11.9. The summed E-state index contributed by atoms with van der Waals surface area (Å²) in [6, 6.07) is 15.3. The average Bonchev–Trinajstić information content (AvgIpc) is 3.23. The van der Waals surface area contributed by atoms with Crippen molar-refractivity contribution in [2.45, 2.75) is 12.1 Å². The molecule has 0 aliphatic heterocycles. The van der Waals surface area contributed by atoms with Crippen LogP contribution in [0.3, 0.4) is 0 Å². The normalized spacial score (nSPS) is 11.2. The number of halogens is 1. The highest BCUT2D eigenvalue weighted by atomic mass is 35.5. The van der Waals surface area contributed by atoms with E-state index in [0.29, 0.717) is 16.3 Å². The first-order valence-electron chi connectivity index (χ1n) is 7.93. The molecule has 7 heteroatoms. The number of benzene rings is 2. The van der Waals surface area contributed by atoms with Gasteiger partial charge in [0.25, 0.3) is 0 Å². The van der Waals surface area contributed by atoms with E-state index in [4.69, 9.17) is 11.6 Å². The molecule has 4 aromatic rings. The number of aromatic nitrogens is 3. The zero-order valence-corrected chi connectivity index (χ0v) is 16.2. The van der Waals surface area contributed by atoms with Crippen molar-refractivity contribution in [3.8, 4) is 11.3 Å². The number of carbonyl (C=O) groups is 1. The number of nitrogens with zero attached hydrogens (tertiary/aromatic N) is 3. The molecule has 0 fully saturated rings. The van der Waals surface area contributed by atoms with Crippen molar-refractivity contribution >= 4 is 45.4 Å². The van der Waals surface area contributed by atoms with Crippen molar-refractivity contribution in [3.63, 3.8) is 0 Å². The predicted molar refractivity (Wildman–Crippen MR) is 108 cm³/mol. The van der Waals surface area contributed by atoms with Crippen LogP contribution in [0.25, 0.3) is 16.2 Å². The Bertz CT molecular complexity index is 1070. The molecule has 0 spiro atoms. The van der Waals surface area contributed by atoms with Gasteiger partial charge in [0.05, 0.1) is 11.4 Å². The van der Waals surface area contributed by atoms with Crippen LogP contribution in [0.1, 0.15) is 15.9 Å². The van der Waals surface area contributed by atoms with Gasteiger partial charge in [-0.2, -0.15) is 0 Å². The smallest absolute Gasteiger partial charge is 0.217 e. The Labute approximate surface area is 163 Å². The molecule has 2 aromatic carbocycles. The molecule has 0 saturated carbocycles. The van der Waals surface area contributed by atoms with Crippen LogP contribution in [-0.2, 0) is 0 Å². The number of thioether (sulfide) groups is 1. The van der Waals surface area contributed by atoms with E-state index in [1.165, 1.54) is 17.3 Å². The van der Waals surface area contributed by atoms with Gasteiger partial charge in [0.15, 0.2) is 10.9 Å². The Balaban J connectivity index is 1.59. The monoisotopic (exact) mass is 399 g/mol. The van der Waals surface area contributed by atoms with E-state index in [1.807, 2.05) is 4.40 Å². The van der Waals surface area contributed by atoms with Crippen molar-refractivity contribution in [2.75, 3.05) is 5.75 Å². The van der Waals surface area contributed by atoms with Crippen LogP contribution in [0.15, 0.2) is 59.1 Å². The minimum atomic E-state index is 0.0375. The molecule has 0 aliphatic carbocycles. The SMILES string of the molecule is Cc1ccc(-c2csc3nnc(SCC(=O)c4ccc(Cl)cc4)n23)cc1. The summed E-state index contributed by atoms with van der Waals surface area (Å²) in [5.41, 5.74) is 4.00. The van der Waals surface area contributed by atoms with Gasteiger partial charge in [-0.05, 0) is 36.8 Å². The second-order valence-electron chi connectivity index (χ2n) is 5.81. The summed E-state index contributed by atoms with van der Waals surface area (Å²) in [6.45, 7) is 2.06. The molecule has 0 unspecified atom stereocenters. The van der Waals surface area contributed by atoms with Crippen LogP contribution in [0.4, 0.5) is 0 Å². The highest BCUT2D eigenvalue weighted by Gasteiger charge is 2.15. The molecule has 4 nitrogen and oxygen atoms in total. The molecule has 2 heterocycles. The number of hydrogen-bond donors (Lipinski definition) is 0. The predicted octanol–water partition coefficient (Wildman–Crippen LogP) is 5.39. The summed E-state index contributed by atoms with van der Waals surface area (Å²) in [7, 11) is 0. The van der Waals surface area contributed by atoms with Gasteiger partial charge in [-0.25, -0.2) is 0 Å². The van der Waals surface area contributed by atoms with E-state index >= 15 is 0 Å². The van der Waals surface area contributed by atoms with Crippen molar-refractivity contribution in [2.24, 2.45) is 0 Å². The lowest BCUT2D eigenvalue weighted by atomic mass is 10.1. The molecule has 0 bridgehead atoms. The summed E-state index contributed by atoms with van der Waals surface area (Å²) >= 11 is 8.81. The number of Topliss-reactive ketones (excluding diaryl/α,β-unsaturated/α-hetero) is 1. The molecule has 0 aliphatic rings. The number of aryl methyl sites for hydroxylation is 1. The maximum absolute atomic E-state index is 12.4. The first kappa shape index (κ1) is 17.3. The number of fused-ring (bicyclic) bond motifs is 1. The second kappa shape index (κ2) is 7.23. The van der Waals surface area contributed by atoms with Crippen LogP contribution < -0.4 is 0 Å². The molecule has 4 rings (SSSR count). The summed E-state index contributed by atoms with van der Waals surface area (Å²) in [4.78, 5) is 13.2. The van der Waals surface area contributed by atoms with Gasteiger partial charge in [-0.15, -0.1) is 21.5 Å². The van der Waals surface area contributed by atoms with Crippen LogP contribution >= 0.6 is 34.7 Å². The van der Waals surface area contributed by atoms with Gasteiger partial charge in [0.1, 0.15) is 0 Å². The molecule has 0 radical (unpaired) electrons. The Kier molecular flexibility index (Phi) is 4.80. The molecule has 26 heavy (non-hydrogen) atoms. The van der Waals surface area contributed by atoms with Crippen molar-refractivity contribution in [3.05, 3.63) is 70.1 Å². The second-order valence-corrected chi connectivity index (χ2v) is 8.02. The van der Waals surface area contributed by atoms with E-state index in [-0.39, 0.29) is 5.78 Å². The van der Waals surface area contributed by atoms with Crippen molar-refractivity contribution in [1.29, 1.82) is 0 Å². The van der Waals surface area contributed by atoms with E-state index in [9.17, 15) is 4.79 Å². The highest BCUT2D eigenvalue weighted by Crippen LogP contribution is 2.30. The first-order valence-corrected chi connectivity index (χ1v) is 10.2. The van der Waals surface area contributed by atoms with Crippen molar-refractivity contribution in [1.82, 2.24) is 14.6 Å². The third-order valence-electron chi connectivity index (χ3n) is 3.97. The lowest BCUT2D eigenvalue weighted by Crippen LogP contribution is -2.03. The maximum Gasteiger partial charge on any atom is 0.217 e. The van der Waals surface area contributed by atoms with E-state index in [1.54, 1.807) is 35.6 Å². The molecule has 0 atom stereocenters. The zero-order valence-electron chi connectivity index (χ0n) is 13.8. The Hall–Kier alpha value is -2.15. The third-order valence-corrected chi connectivity index (χ3v) is 5.96. The van der Waals surface area contributed by atoms with E-state index in [0.717, 1.165) is 21.4 Å². The first-order chi connectivity index (χ1) is 12.6. The lowest BCUT2D eigenvalue weighted by molar-refractivity contribution is 0.102. The number of carbonyl (C=O) groups excluding carboxylic acids is 1. The minimum Gasteiger partial charge on any atom is -0.293 e. The van der Waals surface area contributed by atoms with Crippen LogP contribution in [-0.4, -0.2) is 26.1 Å². The fourth-order valence-electron chi connectivity index (χ4n) is 2.56. The fourth-order valence-corrected chi connectivity index (χ4v) is 4.42. The Morgan fingerprint density at radius 2 is 1.85 bits per heavy atom. The largest absolute Gasteiger partial charge is 0.293 e. The molecule has 0 N–H and O–H groups in total. The van der Waals surface area contributed by atoms with Crippen LogP contribution in [0, 0.1) is 6.92 Å². The quantitative estimate of drug-likeness (QED) is 0.333. The fraction of sp³-hybridized carbons (Fsp3) is 0.105. The summed E-state index contributed by atoms with van der Waals surface area (Å²) < 4.78 is 2.01. The number of thiazole rings is 1. The van der Waals surface area contributed by atoms with Crippen LogP contribution in [0.2, 0.25) is 5.02 Å². The van der Waals surface area contributed by atoms with Crippen LogP contribution in [0.5, 0.6) is 0 Å². The lowest BCUT2D eigenvalue weighted by Gasteiger charge is -2.04. The number of rotatable bonds is 5. The van der Waals surface area contributed by atoms with Gasteiger partial charge in [0.2, 0.25) is 4.96 Å². The van der Waals surface area contributed by atoms with E-state index in [2.05, 4.69) is 46.8 Å². The molecular formula is C19H14ClN3OS2. The molecule has 0 saturated heterocycles. The Morgan fingerprint density at radius 3 is 2.58 bits per heavy atom. The molecule has 0 amide bonds. The zero-order chi connectivity index (χ0) is 18.1. The van der Waals surface area contributed by atoms with E-state index < -0.39 is 0 Å². The van der Waals surface area contributed by atoms with Gasteiger partial charge in [-0.3, -0.25) is 9.20 Å². The van der Waals surface area contributed by atoms with Gasteiger partial charge < -0.3 is 0 Å².